The van der Waals surface area contributed by atoms with E-state index in [1.807, 2.05) is 0 Å². The Morgan fingerprint density at radius 2 is 1.83 bits per heavy atom. The molecule has 128 valence electrons. The highest BCUT2D eigenvalue weighted by molar-refractivity contribution is 7.88. The Kier molecular flexibility index (Phi) is 5.58. The lowest BCUT2D eigenvalue weighted by molar-refractivity contribution is 0.0950. The van der Waals surface area contributed by atoms with E-state index in [9.17, 15) is 22.0 Å². The van der Waals surface area contributed by atoms with E-state index in [-0.39, 0.29) is 24.2 Å². The molecule has 0 radical (unpaired) electrons. The highest BCUT2D eigenvalue weighted by Crippen LogP contribution is 2.12. The van der Waals surface area contributed by atoms with E-state index in [4.69, 9.17) is 0 Å². The van der Waals surface area contributed by atoms with Crippen molar-refractivity contribution in [1.82, 2.24) is 15.0 Å². The summed E-state index contributed by atoms with van der Waals surface area (Å²) in [5.41, 5.74) is 0.302. The molecule has 24 heavy (non-hydrogen) atoms. The number of pyridine rings is 1. The van der Waals surface area contributed by atoms with Crippen LogP contribution in [0.1, 0.15) is 21.6 Å². The lowest BCUT2D eigenvalue weighted by Crippen LogP contribution is -2.25. The molecule has 6 nitrogen and oxygen atoms in total. The number of amides is 1. The zero-order chi connectivity index (χ0) is 17.7. The van der Waals surface area contributed by atoms with Crippen molar-refractivity contribution >= 4 is 15.9 Å². The summed E-state index contributed by atoms with van der Waals surface area (Å²) in [5, 5.41) is 2.41. The Labute approximate surface area is 138 Å². The van der Waals surface area contributed by atoms with Crippen LogP contribution in [0.4, 0.5) is 8.78 Å². The summed E-state index contributed by atoms with van der Waals surface area (Å²) >= 11 is 0. The number of nitrogens with one attached hydrogen (secondary N) is 2. The molecule has 1 aromatic heterocycles. The van der Waals surface area contributed by atoms with E-state index >= 15 is 0 Å². The van der Waals surface area contributed by atoms with Gasteiger partial charge in [0, 0.05) is 23.9 Å². The first-order chi connectivity index (χ1) is 11.3. The molecule has 0 bridgehead atoms. The normalized spacial score (nSPS) is 11.3. The average Bonchev–Trinajstić information content (AvgIpc) is 2.52. The zero-order valence-electron chi connectivity index (χ0n) is 12.7. The molecular formula is C15H15F2N3O3S. The van der Waals surface area contributed by atoms with Crippen LogP contribution in [0.5, 0.6) is 0 Å². The van der Waals surface area contributed by atoms with Crippen LogP contribution in [0, 0.1) is 11.6 Å². The summed E-state index contributed by atoms with van der Waals surface area (Å²) in [6.45, 7) is -0.377. The minimum absolute atomic E-state index is 0.0676. The Bertz CT molecular complexity index is 837. The molecule has 0 atom stereocenters. The number of sulfonamides is 1. The Hall–Kier alpha value is -2.39. The van der Waals surface area contributed by atoms with Gasteiger partial charge in [0.15, 0.2) is 0 Å². The number of benzene rings is 1. The first-order valence-corrected chi connectivity index (χ1v) is 8.76. The lowest BCUT2D eigenvalue weighted by Gasteiger charge is -2.08. The molecule has 1 amide bonds. The number of halogens is 2. The van der Waals surface area contributed by atoms with Crippen molar-refractivity contribution in [3.05, 3.63) is 65.0 Å². The maximum absolute atomic E-state index is 13.5. The maximum Gasteiger partial charge on any atom is 0.251 e. The smallest absolute Gasteiger partial charge is 0.251 e. The van der Waals surface area contributed by atoms with Gasteiger partial charge in [-0.3, -0.25) is 9.78 Å². The molecule has 0 aliphatic rings. The Balaban J connectivity index is 2.05. The van der Waals surface area contributed by atoms with Gasteiger partial charge in [0.1, 0.15) is 11.6 Å². The SMILES string of the molecule is CS(=O)(=O)NCc1cc(C(=O)NCc2c(F)cccc2F)ccn1. The third-order valence-corrected chi connectivity index (χ3v) is 3.75. The predicted octanol–water partition coefficient (Wildman–Crippen LogP) is 1.34. The molecule has 1 heterocycles. The fourth-order valence-electron chi connectivity index (χ4n) is 1.89. The molecule has 0 aliphatic heterocycles. The maximum atomic E-state index is 13.5. The third-order valence-electron chi connectivity index (χ3n) is 3.08. The molecule has 0 fully saturated rings. The molecule has 2 N–H and O–H groups in total. The van der Waals surface area contributed by atoms with E-state index < -0.39 is 27.6 Å². The summed E-state index contributed by atoms with van der Waals surface area (Å²) in [6, 6.07) is 6.25. The number of carbonyl (C=O) groups is 1. The van der Waals surface area contributed by atoms with Crippen LogP contribution in [-0.4, -0.2) is 25.6 Å². The first-order valence-electron chi connectivity index (χ1n) is 6.87. The molecule has 2 aromatic rings. The van der Waals surface area contributed by atoms with Crippen LogP contribution >= 0.6 is 0 Å². The lowest BCUT2D eigenvalue weighted by atomic mass is 10.1. The molecule has 1 aromatic carbocycles. The van der Waals surface area contributed by atoms with Crippen molar-refractivity contribution in [2.75, 3.05) is 6.26 Å². The van der Waals surface area contributed by atoms with Crippen molar-refractivity contribution in [2.45, 2.75) is 13.1 Å². The molecule has 0 spiro atoms. The van der Waals surface area contributed by atoms with Crippen LogP contribution in [-0.2, 0) is 23.1 Å². The van der Waals surface area contributed by atoms with Gasteiger partial charge in [0.25, 0.3) is 5.91 Å². The standard InChI is InChI=1S/C15H15F2N3O3S/c1-24(22,23)20-8-11-7-10(5-6-18-11)15(21)19-9-12-13(16)3-2-4-14(12)17/h2-7,20H,8-9H2,1H3,(H,19,21). The van der Waals surface area contributed by atoms with Crippen LogP contribution < -0.4 is 10.0 Å². The van der Waals surface area contributed by atoms with Crippen molar-refractivity contribution in [3.8, 4) is 0 Å². The quantitative estimate of drug-likeness (QED) is 0.818. The van der Waals surface area contributed by atoms with Gasteiger partial charge in [-0.1, -0.05) is 6.07 Å². The van der Waals surface area contributed by atoms with Gasteiger partial charge in [-0.05, 0) is 24.3 Å². The molecule has 9 heteroatoms. The van der Waals surface area contributed by atoms with E-state index in [2.05, 4.69) is 15.0 Å². The van der Waals surface area contributed by atoms with Crippen molar-refractivity contribution in [2.24, 2.45) is 0 Å². The third kappa shape index (κ3) is 5.07. The van der Waals surface area contributed by atoms with Gasteiger partial charge >= 0.3 is 0 Å². The Morgan fingerprint density at radius 1 is 1.17 bits per heavy atom. The number of aromatic nitrogens is 1. The van der Waals surface area contributed by atoms with E-state index in [1.165, 1.54) is 24.4 Å². The second-order valence-corrected chi connectivity index (χ2v) is 6.85. The molecular weight excluding hydrogens is 340 g/mol. The van der Waals surface area contributed by atoms with Gasteiger partial charge in [-0.15, -0.1) is 0 Å². The molecule has 0 unspecified atom stereocenters. The average molecular weight is 355 g/mol. The monoisotopic (exact) mass is 355 g/mol. The molecule has 0 saturated heterocycles. The summed E-state index contributed by atoms with van der Waals surface area (Å²) in [7, 11) is -3.39. The van der Waals surface area contributed by atoms with E-state index in [0.29, 0.717) is 5.69 Å². The van der Waals surface area contributed by atoms with Gasteiger partial charge in [0.05, 0.1) is 18.5 Å². The minimum Gasteiger partial charge on any atom is -0.348 e. The summed E-state index contributed by atoms with van der Waals surface area (Å²) in [6.07, 6.45) is 2.35. The van der Waals surface area contributed by atoms with Crippen LogP contribution in [0.2, 0.25) is 0 Å². The predicted molar refractivity (Wildman–Crippen MR) is 83.4 cm³/mol. The molecule has 0 aliphatic carbocycles. The highest BCUT2D eigenvalue weighted by Gasteiger charge is 2.12. The summed E-state index contributed by atoms with van der Waals surface area (Å²) < 4.78 is 51.4. The number of carbonyl (C=O) groups excluding carboxylic acids is 1. The van der Waals surface area contributed by atoms with E-state index in [0.717, 1.165) is 18.4 Å². The second kappa shape index (κ2) is 7.45. The molecule has 0 saturated carbocycles. The number of hydrogen-bond acceptors (Lipinski definition) is 4. The Morgan fingerprint density at radius 3 is 2.46 bits per heavy atom. The second-order valence-electron chi connectivity index (χ2n) is 5.01. The topological polar surface area (TPSA) is 88.2 Å². The van der Waals surface area contributed by atoms with Gasteiger partial charge < -0.3 is 5.32 Å². The van der Waals surface area contributed by atoms with Crippen LogP contribution in [0.25, 0.3) is 0 Å². The van der Waals surface area contributed by atoms with Gasteiger partial charge in [-0.25, -0.2) is 21.9 Å². The highest BCUT2D eigenvalue weighted by atomic mass is 32.2. The van der Waals surface area contributed by atoms with Gasteiger partial charge in [0.2, 0.25) is 10.0 Å². The number of hydrogen-bond donors (Lipinski definition) is 2. The zero-order valence-corrected chi connectivity index (χ0v) is 13.5. The largest absolute Gasteiger partial charge is 0.348 e. The fourth-order valence-corrected chi connectivity index (χ4v) is 2.30. The fraction of sp³-hybridized carbons (Fsp3) is 0.200. The summed E-state index contributed by atoms with van der Waals surface area (Å²) in [4.78, 5) is 16.0. The van der Waals surface area contributed by atoms with Gasteiger partial charge in [-0.2, -0.15) is 0 Å². The van der Waals surface area contributed by atoms with E-state index in [1.54, 1.807) is 0 Å². The van der Waals surface area contributed by atoms with Crippen molar-refractivity contribution in [1.29, 1.82) is 0 Å². The van der Waals surface area contributed by atoms with Crippen molar-refractivity contribution in [3.63, 3.8) is 0 Å². The number of nitrogens with zero attached hydrogens (tertiary/aromatic N) is 1. The van der Waals surface area contributed by atoms with Crippen LogP contribution in [0.15, 0.2) is 36.5 Å². The molecule has 2 rings (SSSR count). The minimum atomic E-state index is -3.39. The summed E-state index contributed by atoms with van der Waals surface area (Å²) in [5.74, 6) is -2.05. The number of rotatable bonds is 6. The van der Waals surface area contributed by atoms with Crippen LogP contribution in [0.3, 0.4) is 0 Å². The van der Waals surface area contributed by atoms with Crippen molar-refractivity contribution < 1.29 is 22.0 Å². The first kappa shape index (κ1) is 18.0.